The first-order chi connectivity index (χ1) is 8.31. The molecule has 0 fully saturated rings. The van der Waals surface area contributed by atoms with Crippen LogP contribution in [0.5, 0.6) is 0 Å². The van der Waals surface area contributed by atoms with Crippen molar-refractivity contribution >= 4 is 17.9 Å². The molecule has 2 aromatic rings. The van der Waals surface area contributed by atoms with Crippen molar-refractivity contribution in [2.45, 2.75) is 0 Å². The van der Waals surface area contributed by atoms with E-state index in [1.807, 2.05) is 6.07 Å². The van der Waals surface area contributed by atoms with Gasteiger partial charge in [0.25, 0.3) is 0 Å². The van der Waals surface area contributed by atoms with Gasteiger partial charge in [0.1, 0.15) is 0 Å². The van der Waals surface area contributed by atoms with E-state index in [0.29, 0.717) is 16.8 Å². The van der Waals surface area contributed by atoms with E-state index in [4.69, 9.17) is 0 Å². The number of hydrogen-bond acceptors (Lipinski definition) is 2. The maximum Gasteiger partial charge on any atom is 0.206 e. The second-order valence-corrected chi connectivity index (χ2v) is 3.42. The van der Waals surface area contributed by atoms with Crippen LogP contribution in [0.15, 0.2) is 59.6 Å². The molecule has 0 heterocycles. The van der Waals surface area contributed by atoms with Gasteiger partial charge in [0.05, 0.1) is 6.29 Å². The summed E-state index contributed by atoms with van der Waals surface area (Å²) in [6.07, 6.45) is 1.78. The van der Waals surface area contributed by atoms with Crippen LogP contribution in [0, 0.1) is 0 Å². The number of para-hydroxylation sites is 1. The second-order valence-electron chi connectivity index (χ2n) is 3.42. The molecule has 0 radical (unpaired) electrons. The normalized spacial score (nSPS) is 10.6. The van der Waals surface area contributed by atoms with Crippen molar-refractivity contribution in [3.63, 3.8) is 0 Å². The zero-order valence-corrected chi connectivity index (χ0v) is 10.9. The van der Waals surface area contributed by atoms with Gasteiger partial charge < -0.3 is 9.90 Å². The third-order valence-electron chi connectivity index (χ3n) is 2.27. The Morgan fingerprint density at radius 3 is 2.28 bits per heavy atom. The molecule has 0 unspecified atom stereocenters. The van der Waals surface area contributed by atoms with Crippen molar-refractivity contribution < 1.29 is 30.3 Å². The number of nitrogens with zero attached hydrogens (tertiary/aromatic N) is 1. The zero-order valence-electron chi connectivity index (χ0n) is 9.32. The minimum Gasteiger partial charge on any atom is -0.494 e. The Morgan fingerprint density at radius 1 is 1.00 bits per heavy atom. The SMILES string of the molecule is O=[C-]c1ccccc1N=C(O)c1ccccc1.[Pd]. The molecular weight excluding hydrogens is 321 g/mol. The molecule has 0 saturated heterocycles. The van der Waals surface area contributed by atoms with E-state index in [0.717, 1.165) is 0 Å². The number of aliphatic hydroxyl groups excluding tert-OH is 1. The van der Waals surface area contributed by atoms with Crippen LogP contribution in [-0.4, -0.2) is 17.3 Å². The number of aliphatic hydroxyl groups is 1. The van der Waals surface area contributed by atoms with Gasteiger partial charge in [-0.3, -0.25) is 4.99 Å². The molecule has 0 spiro atoms. The molecule has 94 valence electrons. The average Bonchev–Trinajstić information content (AvgIpc) is 2.40. The molecule has 3 nitrogen and oxygen atoms in total. The Bertz CT molecular complexity index is 553. The fraction of sp³-hybridized carbons (Fsp3) is 0. The van der Waals surface area contributed by atoms with Gasteiger partial charge in [-0.15, -0.1) is 11.6 Å². The van der Waals surface area contributed by atoms with Crippen LogP contribution in [0.3, 0.4) is 0 Å². The summed E-state index contributed by atoms with van der Waals surface area (Å²) in [5, 5.41) is 9.81. The van der Waals surface area contributed by atoms with Gasteiger partial charge in [-0.05, 0) is 17.8 Å². The Balaban J connectivity index is 0.00000162. The van der Waals surface area contributed by atoms with Crippen LogP contribution < -0.4 is 0 Å². The minimum atomic E-state index is -0.117. The van der Waals surface area contributed by atoms with Gasteiger partial charge in [0.15, 0.2) is 0 Å². The quantitative estimate of drug-likeness (QED) is 0.407. The Hall–Kier alpha value is -1.76. The van der Waals surface area contributed by atoms with Crippen molar-refractivity contribution in [3.8, 4) is 0 Å². The number of hydrogen-bond donors (Lipinski definition) is 1. The van der Waals surface area contributed by atoms with Crippen molar-refractivity contribution in [1.29, 1.82) is 0 Å². The Kier molecular flexibility index (Phi) is 5.44. The average molecular weight is 331 g/mol. The Morgan fingerprint density at radius 2 is 1.61 bits per heavy atom. The predicted octanol–water partition coefficient (Wildman–Crippen LogP) is 2.78. The molecule has 4 heteroatoms. The molecule has 2 aromatic carbocycles. The molecule has 0 aromatic heterocycles. The number of carbonyl (C=O) groups excluding carboxylic acids is 1. The van der Waals surface area contributed by atoms with Gasteiger partial charge in [-0.1, -0.05) is 30.3 Å². The van der Waals surface area contributed by atoms with Crippen molar-refractivity contribution in [2.75, 3.05) is 0 Å². The molecule has 0 aliphatic carbocycles. The fourth-order valence-electron chi connectivity index (χ4n) is 1.42. The molecule has 1 N–H and O–H groups in total. The molecule has 18 heavy (non-hydrogen) atoms. The molecule has 0 aliphatic heterocycles. The monoisotopic (exact) mass is 330 g/mol. The zero-order chi connectivity index (χ0) is 12.1. The van der Waals surface area contributed by atoms with E-state index >= 15 is 0 Å². The van der Waals surface area contributed by atoms with Crippen LogP contribution >= 0.6 is 0 Å². The molecule has 2 rings (SSSR count). The van der Waals surface area contributed by atoms with Crippen LogP contribution in [0.2, 0.25) is 0 Å². The summed E-state index contributed by atoms with van der Waals surface area (Å²) in [6.45, 7) is 0. The fourth-order valence-corrected chi connectivity index (χ4v) is 1.42. The van der Waals surface area contributed by atoms with E-state index in [1.54, 1.807) is 54.8 Å². The van der Waals surface area contributed by atoms with Crippen LogP contribution in [0.25, 0.3) is 0 Å². The molecule has 0 bridgehead atoms. The molecular formula is C14H10NO2Pd-. The molecule has 0 saturated carbocycles. The second kappa shape index (κ2) is 6.85. The molecule has 0 atom stereocenters. The van der Waals surface area contributed by atoms with Gasteiger partial charge in [-0.2, -0.15) is 6.07 Å². The van der Waals surface area contributed by atoms with Crippen molar-refractivity contribution in [2.24, 2.45) is 4.99 Å². The summed E-state index contributed by atoms with van der Waals surface area (Å²) in [7, 11) is 0. The van der Waals surface area contributed by atoms with Crippen LogP contribution in [-0.2, 0) is 25.2 Å². The minimum absolute atomic E-state index is 0. The van der Waals surface area contributed by atoms with Crippen molar-refractivity contribution in [1.82, 2.24) is 0 Å². The van der Waals surface area contributed by atoms with E-state index in [2.05, 4.69) is 4.99 Å². The van der Waals surface area contributed by atoms with E-state index in [-0.39, 0.29) is 26.3 Å². The summed E-state index contributed by atoms with van der Waals surface area (Å²) < 4.78 is 0. The third-order valence-corrected chi connectivity index (χ3v) is 2.27. The van der Waals surface area contributed by atoms with Gasteiger partial charge >= 0.3 is 0 Å². The summed E-state index contributed by atoms with van der Waals surface area (Å²) in [5.74, 6) is -0.117. The van der Waals surface area contributed by atoms with Crippen molar-refractivity contribution in [3.05, 3.63) is 65.7 Å². The van der Waals surface area contributed by atoms with Gasteiger partial charge in [-0.25, -0.2) is 0 Å². The van der Waals surface area contributed by atoms with E-state index < -0.39 is 0 Å². The number of rotatable bonds is 3. The first-order valence-electron chi connectivity index (χ1n) is 5.11. The summed E-state index contributed by atoms with van der Waals surface area (Å²) >= 11 is 0. The Labute approximate surface area is 119 Å². The molecule has 0 amide bonds. The first-order valence-corrected chi connectivity index (χ1v) is 5.11. The summed E-state index contributed by atoms with van der Waals surface area (Å²) in [5.41, 5.74) is 1.34. The third kappa shape index (κ3) is 3.37. The topological polar surface area (TPSA) is 49.7 Å². The van der Waals surface area contributed by atoms with Crippen LogP contribution in [0.4, 0.5) is 5.69 Å². The standard InChI is InChI=1S/C14H10NO2.Pd/c16-10-12-8-4-5-9-13(12)15-14(17)11-6-2-1-3-7-11;/h1-9H,(H,15,17);/q-1;. The predicted molar refractivity (Wildman–Crippen MR) is 66.5 cm³/mol. The van der Waals surface area contributed by atoms with Crippen LogP contribution in [0.1, 0.15) is 11.1 Å². The summed E-state index contributed by atoms with van der Waals surface area (Å²) in [6, 6.07) is 15.7. The van der Waals surface area contributed by atoms with E-state index in [9.17, 15) is 9.90 Å². The molecule has 0 aliphatic rings. The van der Waals surface area contributed by atoms with E-state index in [1.165, 1.54) is 0 Å². The maximum atomic E-state index is 10.7. The van der Waals surface area contributed by atoms with Gasteiger partial charge in [0, 0.05) is 26.0 Å². The number of benzene rings is 2. The van der Waals surface area contributed by atoms with Gasteiger partial charge in [0.2, 0.25) is 5.90 Å². The first kappa shape index (κ1) is 14.3. The number of aliphatic imine (C=N–C) groups is 1. The maximum absolute atomic E-state index is 10.7. The smallest absolute Gasteiger partial charge is 0.206 e. The summed E-state index contributed by atoms with van der Waals surface area (Å²) in [4.78, 5) is 14.7. The largest absolute Gasteiger partial charge is 0.494 e.